The van der Waals surface area contributed by atoms with Crippen LogP contribution in [0.25, 0.3) is 0 Å². The number of benzene rings is 1. The van der Waals surface area contributed by atoms with E-state index in [-0.39, 0.29) is 17.4 Å². The summed E-state index contributed by atoms with van der Waals surface area (Å²) in [6.45, 7) is 9.34. The molecular weight excluding hydrogens is 379 g/mol. The van der Waals surface area contributed by atoms with Crippen molar-refractivity contribution >= 4 is 29.3 Å². The molecule has 4 nitrogen and oxygen atoms in total. The lowest BCUT2D eigenvalue weighted by Crippen LogP contribution is -2.19. The zero-order valence-corrected chi connectivity index (χ0v) is 18.2. The predicted octanol–water partition coefficient (Wildman–Crippen LogP) is 5.25. The second kappa shape index (κ2) is 16.5. The summed E-state index contributed by atoms with van der Waals surface area (Å²) in [7, 11) is 0. The summed E-state index contributed by atoms with van der Waals surface area (Å²) in [6, 6.07) is 6.77. The van der Waals surface area contributed by atoms with Gasteiger partial charge in [-0.25, -0.2) is 9.59 Å². The first-order valence-electron chi connectivity index (χ1n) is 11.0. The largest absolute Gasteiger partial charge is 0.462 e. The number of ether oxygens (including phenoxy) is 2. The van der Waals surface area contributed by atoms with Gasteiger partial charge in [-0.2, -0.15) is 0 Å². The molecule has 0 amide bonds. The first-order valence-corrected chi connectivity index (χ1v) is 11.0. The van der Waals surface area contributed by atoms with Crippen LogP contribution in [0.15, 0.2) is 24.3 Å². The number of unbranched alkanes of at least 4 members (excludes halogenated alkanes) is 2. The topological polar surface area (TPSA) is 52.6 Å². The molecular formula is C24H41AlO4. The molecule has 1 aromatic rings. The van der Waals surface area contributed by atoms with Gasteiger partial charge in [-0.05, 0) is 36.8 Å². The molecule has 0 aromatic heterocycles. The molecule has 1 aromatic carbocycles. The Kier molecular flexibility index (Phi) is 15.7. The van der Waals surface area contributed by atoms with Gasteiger partial charge in [-0.15, -0.1) is 0 Å². The third-order valence-corrected chi connectivity index (χ3v) is 5.35. The SMILES string of the molecule is CCCCC(CC)COC(=O)c1ccccc1C(=O)OCC(CC)CCCC.[AlH3]. The van der Waals surface area contributed by atoms with Gasteiger partial charge >= 0.3 is 11.9 Å². The Hall–Kier alpha value is -1.31. The van der Waals surface area contributed by atoms with Crippen molar-refractivity contribution in [3.63, 3.8) is 0 Å². The maximum Gasteiger partial charge on any atom is 0.339 e. The van der Waals surface area contributed by atoms with Crippen molar-refractivity contribution < 1.29 is 19.1 Å². The van der Waals surface area contributed by atoms with Crippen LogP contribution in [0.2, 0.25) is 0 Å². The average molecular weight is 421 g/mol. The monoisotopic (exact) mass is 420 g/mol. The first-order chi connectivity index (χ1) is 13.6. The Bertz CT molecular complexity index is 537. The summed E-state index contributed by atoms with van der Waals surface area (Å²) in [6.07, 6.45) is 8.61. The van der Waals surface area contributed by atoms with E-state index in [1.165, 1.54) is 0 Å². The Labute approximate surface area is 187 Å². The highest BCUT2D eigenvalue weighted by molar-refractivity contribution is 6.03. The second-order valence-electron chi connectivity index (χ2n) is 7.58. The van der Waals surface area contributed by atoms with Crippen molar-refractivity contribution in [2.24, 2.45) is 11.8 Å². The molecule has 0 N–H and O–H groups in total. The van der Waals surface area contributed by atoms with Crippen LogP contribution in [-0.4, -0.2) is 42.5 Å². The normalized spacial score (nSPS) is 12.6. The molecule has 164 valence electrons. The van der Waals surface area contributed by atoms with Crippen molar-refractivity contribution in [2.75, 3.05) is 13.2 Å². The second-order valence-corrected chi connectivity index (χ2v) is 7.58. The van der Waals surface area contributed by atoms with Gasteiger partial charge in [0.05, 0.1) is 24.3 Å². The van der Waals surface area contributed by atoms with Gasteiger partial charge in [0.1, 0.15) is 0 Å². The zero-order valence-electron chi connectivity index (χ0n) is 18.2. The Balaban J connectivity index is 0.00000784. The van der Waals surface area contributed by atoms with Crippen LogP contribution in [0.4, 0.5) is 0 Å². The number of carbonyl (C=O) groups excluding carboxylic acids is 2. The first kappa shape index (κ1) is 27.7. The molecule has 29 heavy (non-hydrogen) atoms. The minimum Gasteiger partial charge on any atom is -0.462 e. The smallest absolute Gasteiger partial charge is 0.339 e. The third kappa shape index (κ3) is 10.3. The summed E-state index contributed by atoms with van der Waals surface area (Å²) in [5.74, 6) is -0.153. The summed E-state index contributed by atoms with van der Waals surface area (Å²) in [4.78, 5) is 25.1. The summed E-state index contributed by atoms with van der Waals surface area (Å²) in [5.41, 5.74) is 0.582. The van der Waals surface area contributed by atoms with Crippen molar-refractivity contribution in [3.8, 4) is 0 Å². The molecule has 0 aliphatic carbocycles. The van der Waals surface area contributed by atoms with E-state index in [0.717, 1.165) is 51.4 Å². The standard InChI is InChI=1S/C24H38O4.Al.3H/c1-5-9-13-19(7-3)17-27-23(25)21-15-11-12-16-22(21)24(26)28-18-20(8-4)14-10-6-2;;;;/h11-12,15-16,19-20H,5-10,13-14,17-18H2,1-4H3;;;;. The fourth-order valence-electron chi connectivity index (χ4n) is 3.18. The van der Waals surface area contributed by atoms with Crippen LogP contribution in [-0.2, 0) is 9.47 Å². The third-order valence-electron chi connectivity index (χ3n) is 5.35. The Morgan fingerprint density at radius 3 is 1.45 bits per heavy atom. The minimum atomic E-state index is -0.444. The van der Waals surface area contributed by atoms with E-state index in [4.69, 9.17) is 9.47 Å². The highest BCUT2D eigenvalue weighted by Gasteiger charge is 2.21. The van der Waals surface area contributed by atoms with Crippen LogP contribution < -0.4 is 0 Å². The molecule has 2 unspecified atom stereocenters. The lowest BCUT2D eigenvalue weighted by atomic mass is 10.0. The van der Waals surface area contributed by atoms with E-state index in [0.29, 0.717) is 36.2 Å². The van der Waals surface area contributed by atoms with Gasteiger partial charge in [-0.1, -0.05) is 78.4 Å². The molecule has 0 bridgehead atoms. The molecule has 0 fully saturated rings. The van der Waals surface area contributed by atoms with Gasteiger partial charge in [-0.3, -0.25) is 0 Å². The molecule has 0 aliphatic heterocycles. The van der Waals surface area contributed by atoms with Gasteiger partial charge in [0.2, 0.25) is 0 Å². The number of hydrogen-bond acceptors (Lipinski definition) is 4. The molecule has 0 saturated heterocycles. The highest BCUT2D eigenvalue weighted by Crippen LogP contribution is 2.18. The van der Waals surface area contributed by atoms with Crippen molar-refractivity contribution in [2.45, 2.75) is 79.1 Å². The van der Waals surface area contributed by atoms with Crippen LogP contribution in [0.5, 0.6) is 0 Å². The van der Waals surface area contributed by atoms with Crippen LogP contribution in [0.1, 0.15) is 99.8 Å². The molecule has 0 spiro atoms. The van der Waals surface area contributed by atoms with Crippen LogP contribution >= 0.6 is 0 Å². The van der Waals surface area contributed by atoms with E-state index < -0.39 is 11.9 Å². The minimum absolute atomic E-state index is 0. The van der Waals surface area contributed by atoms with Crippen LogP contribution in [0, 0.1) is 11.8 Å². The van der Waals surface area contributed by atoms with Gasteiger partial charge < -0.3 is 9.47 Å². The maximum absolute atomic E-state index is 12.6. The van der Waals surface area contributed by atoms with Crippen LogP contribution in [0.3, 0.4) is 0 Å². The molecule has 1 rings (SSSR count). The zero-order chi connectivity index (χ0) is 20.8. The van der Waals surface area contributed by atoms with Crippen molar-refractivity contribution in [1.82, 2.24) is 0 Å². The summed E-state index contributed by atoms with van der Waals surface area (Å²) < 4.78 is 11.0. The molecule has 5 heteroatoms. The lowest BCUT2D eigenvalue weighted by Gasteiger charge is -2.17. The Morgan fingerprint density at radius 1 is 0.759 bits per heavy atom. The molecule has 0 heterocycles. The molecule has 0 aliphatic rings. The van der Waals surface area contributed by atoms with Gasteiger partial charge in [0.25, 0.3) is 0 Å². The van der Waals surface area contributed by atoms with Crippen molar-refractivity contribution in [3.05, 3.63) is 35.4 Å². The lowest BCUT2D eigenvalue weighted by molar-refractivity contribution is 0.0381. The van der Waals surface area contributed by atoms with Gasteiger partial charge in [0.15, 0.2) is 17.4 Å². The fourth-order valence-corrected chi connectivity index (χ4v) is 3.18. The summed E-state index contributed by atoms with van der Waals surface area (Å²) in [5, 5.41) is 0. The maximum atomic E-state index is 12.6. The molecule has 0 saturated carbocycles. The predicted molar refractivity (Wildman–Crippen MR) is 124 cm³/mol. The number of hydrogen-bond donors (Lipinski definition) is 0. The highest BCUT2D eigenvalue weighted by atomic mass is 27.0. The van der Waals surface area contributed by atoms with E-state index in [9.17, 15) is 9.59 Å². The van der Waals surface area contributed by atoms with Crippen molar-refractivity contribution in [1.29, 1.82) is 0 Å². The quantitative estimate of drug-likeness (QED) is 0.305. The van der Waals surface area contributed by atoms with E-state index in [1.54, 1.807) is 24.3 Å². The average Bonchev–Trinajstić information content (AvgIpc) is 2.73. The fraction of sp³-hybridized carbons (Fsp3) is 0.667. The van der Waals surface area contributed by atoms with E-state index in [1.807, 2.05) is 0 Å². The Morgan fingerprint density at radius 2 is 1.14 bits per heavy atom. The van der Waals surface area contributed by atoms with E-state index in [2.05, 4.69) is 27.7 Å². The molecule has 2 atom stereocenters. The van der Waals surface area contributed by atoms with Gasteiger partial charge in [0, 0.05) is 0 Å². The number of esters is 2. The number of carbonyl (C=O) groups is 2. The summed E-state index contributed by atoms with van der Waals surface area (Å²) >= 11 is 0. The van der Waals surface area contributed by atoms with E-state index >= 15 is 0 Å². The number of rotatable bonds is 14. The molecule has 0 radical (unpaired) electrons.